The molecule has 0 unspecified atom stereocenters. The molecule has 0 bridgehead atoms. The summed E-state index contributed by atoms with van der Waals surface area (Å²) in [5.74, 6) is -0.201. The fraction of sp³-hybridized carbons (Fsp3) is 0.455. The van der Waals surface area contributed by atoms with Crippen LogP contribution in [0.5, 0.6) is 5.75 Å². The second-order valence-electron chi connectivity index (χ2n) is 3.14. The van der Waals surface area contributed by atoms with Crippen molar-refractivity contribution in [2.24, 2.45) is 0 Å². The second kappa shape index (κ2) is 5.75. The molecule has 0 aromatic heterocycles. The van der Waals surface area contributed by atoms with E-state index >= 15 is 0 Å². The van der Waals surface area contributed by atoms with E-state index < -0.39 is 6.36 Å². The molecule has 0 N–H and O–H groups in total. The maximum atomic E-state index is 11.8. The number of halogens is 3. The third-order valence-electron chi connectivity index (χ3n) is 1.90. The Labute approximate surface area is 92.0 Å². The number of rotatable bonds is 5. The van der Waals surface area contributed by atoms with E-state index in [1.165, 1.54) is 12.1 Å². The molecule has 0 spiro atoms. The lowest BCUT2D eigenvalue weighted by molar-refractivity contribution is -0.274. The van der Waals surface area contributed by atoms with E-state index in [0.29, 0.717) is 19.6 Å². The van der Waals surface area contributed by atoms with Crippen LogP contribution in [0, 0.1) is 0 Å². The van der Waals surface area contributed by atoms with Gasteiger partial charge in [0.05, 0.1) is 6.61 Å². The summed E-state index contributed by atoms with van der Waals surface area (Å²) >= 11 is 0. The zero-order chi connectivity index (χ0) is 12.0. The predicted molar refractivity (Wildman–Crippen MR) is 53.3 cm³/mol. The Hall–Kier alpha value is -1.23. The van der Waals surface area contributed by atoms with Crippen LogP contribution in [0.3, 0.4) is 0 Å². The third-order valence-corrected chi connectivity index (χ3v) is 1.90. The van der Waals surface area contributed by atoms with Crippen LogP contribution in [0.25, 0.3) is 0 Å². The lowest BCUT2D eigenvalue weighted by Gasteiger charge is -2.09. The number of alkyl halides is 3. The van der Waals surface area contributed by atoms with Crippen LogP contribution in [0.1, 0.15) is 12.5 Å². The van der Waals surface area contributed by atoms with Gasteiger partial charge in [-0.2, -0.15) is 0 Å². The molecule has 0 fully saturated rings. The van der Waals surface area contributed by atoms with Crippen LogP contribution >= 0.6 is 0 Å². The lowest BCUT2D eigenvalue weighted by Crippen LogP contribution is -2.17. The molecule has 0 heterocycles. The van der Waals surface area contributed by atoms with Crippen molar-refractivity contribution in [1.29, 1.82) is 0 Å². The highest BCUT2D eigenvalue weighted by Crippen LogP contribution is 2.22. The summed E-state index contributed by atoms with van der Waals surface area (Å²) in [6, 6.07) is 5.80. The van der Waals surface area contributed by atoms with Gasteiger partial charge in [-0.15, -0.1) is 13.2 Å². The smallest absolute Gasteiger partial charge is 0.406 e. The summed E-state index contributed by atoms with van der Waals surface area (Å²) in [5, 5.41) is 0. The first-order valence-corrected chi connectivity index (χ1v) is 4.93. The van der Waals surface area contributed by atoms with E-state index in [2.05, 4.69) is 4.74 Å². The van der Waals surface area contributed by atoms with E-state index in [-0.39, 0.29) is 5.75 Å². The Morgan fingerprint density at radius 1 is 1.12 bits per heavy atom. The van der Waals surface area contributed by atoms with Gasteiger partial charge in [0.2, 0.25) is 0 Å². The van der Waals surface area contributed by atoms with Crippen molar-refractivity contribution in [3.8, 4) is 5.75 Å². The number of hydrogen-bond acceptors (Lipinski definition) is 2. The molecular weight excluding hydrogens is 221 g/mol. The van der Waals surface area contributed by atoms with Crippen LogP contribution in [-0.4, -0.2) is 19.6 Å². The highest BCUT2D eigenvalue weighted by Gasteiger charge is 2.30. The van der Waals surface area contributed by atoms with Crippen LogP contribution in [0.15, 0.2) is 24.3 Å². The summed E-state index contributed by atoms with van der Waals surface area (Å²) in [6.07, 6.45) is -3.95. The van der Waals surface area contributed by atoms with Crippen LogP contribution in [0.4, 0.5) is 13.2 Å². The first-order chi connectivity index (χ1) is 7.51. The van der Waals surface area contributed by atoms with E-state index in [4.69, 9.17) is 4.74 Å². The molecule has 5 heteroatoms. The molecule has 16 heavy (non-hydrogen) atoms. The fourth-order valence-corrected chi connectivity index (χ4v) is 1.19. The Kier molecular flexibility index (Phi) is 4.61. The van der Waals surface area contributed by atoms with Gasteiger partial charge in [-0.05, 0) is 31.0 Å². The van der Waals surface area contributed by atoms with Gasteiger partial charge >= 0.3 is 6.36 Å². The zero-order valence-electron chi connectivity index (χ0n) is 8.88. The van der Waals surface area contributed by atoms with Gasteiger partial charge in [-0.25, -0.2) is 0 Å². The Balaban J connectivity index is 2.48. The highest BCUT2D eigenvalue weighted by molar-refractivity contribution is 5.27. The van der Waals surface area contributed by atoms with Gasteiger partial charge in [0, 0.05) is 6.61 Å². The average molecular weight is 234 g/mol. The molecule has 0 aliphatic carbocycles. The van der Waals surface area contributed by atoms with Crippen molar-refractivity contribution in [3.05, 3.63) is 29.8 Å². The summed E-state index contributed by atoms with van der Waals surface area (Å²) in [4.78, 5) is 0. The lowest BCUT2D eigenvalue weighted by atomic mass is 10.1. The maximum Gasteiger partial charge on any atom is 0.573 e. The van der Waals surface area contributed by atoms with Crippen LogP contribution in [0.2, 0.25) is 0 Å². The fourth-order valence-electron chi connectivity index (χ4n) is 1.19. The van der Waals surface area contributed by atoms with E-state index in [0.717, 1.165) is 5.56 Å². The summed E-state index contributed by atoms with van der Waals surface area (Å²) in [7, 11) is 0. The molecule has 1 aromatic rings. The minimum absolute atomic E-state index is 0.201. The van der Waals surface area contributed by atoms with Gasteiger partial charge in [-0.1, -0.05) is 12.1 Å². The van der Waals surface area contributed by atoms with Crippen molar-refractivity contribution in [2.45, 2.75) is 19.7 Å². The van der Waals surface area contributed by atoms with Gasteiger partial charge < -0.3 is 9.47 Å². The standard InChI is InChI=1S/C11H13F3O2/c1-2-15-8-7-9-3-5-10(6-4-9)16-11(12,13)14/h3-6H,2,7-8H2,1H3. The third kappa shape index (κ3) is 5.02. The van der Waals surface area contributed by atoms with Gasteiger partial charge in [0.15, 0.2) is 0 Å². The molecule has 0 radical (unpaired) electrons. The molecule has 0 aliphatic rings. The largest absolute Gasteiger partial charge is 0.573 e. The summed E-state index contributed by atoms with van der Waals surface area (Å²) < 4.78 is 44.4. The van der Waals surface area contributed by atoms with Gasteiger partial charge in [0.25, 0.3) is 0 Å². The van der Waals surface area contributed by atoms with Crippen LogP contribution in [-0.2, 0) is 11.2 Å². The minimum Gasteiger partial charge on any atom is -0.406 e. The molecule has 0 amide bonds. The van der Waals surface area contributed by atoms with Crippen molar-refractivity contribution in [2.75, 3.05) is 13.2 Å². The molecule has 0 saturated carbocycles. The van der Waals surface area contributed by atoms with Crippen molar-refractivity contribution in [1.82, 2.24) is 0 Å². The quantitative estimate of drug-likeness (QED) is 0.728. The number of hydrogen-bond donors (Lipinski definition) is 0. The Bertz CT molecular complexity index is 306. The van der Waals surface area contributed by atoms with Gasteiger partial charge in [0.1, 0.15) is 5.75 Å². The molecule has 90 valence electrons. The molecule has 0 aliphatic heterocycles. The van der Waals surface area contributed by atoms with Gasteiger partial charge in [-0.3, -0.25) is 0 Å². The SMILES string of the molecule is CCOCCc1ccc(OC(F)(F)F)cc1. The maximum absolute atomic E-state index is 11.8. The molecule has 1 rings (SSSR count). The van der Waals surface area contributed by atoms with Crippen molar-refractivity contribution >= 4 is 0 Å². The predicted octanol–water partition coefficient (Wildman–Crippen LogP) is 3.16. The minimum atomic E-state index is -4.63. The monoisotopic (exact) mass is 234 g/mol. The van der Waals surface area contributed by atoms with Crippen molar-refractivity contribution < 1.29 is 22.6 Å². The molecule has 1 aromatic carbocycles. The highest BCUT2D eigenvalue weighted by atomic mass is 19.4. The Morgan fingerprint density at radius 3 is 2.25 bits per heavy atom. The number of ether oxygens (including phenoxy) is 2. The van der Waals surface area contributed by atoms with E-state index in [1.54, 1.807) is 12.1 Å². The number of benzene rings is 1. The topological polar surface area (TPSA) is 18.5 Å². The van der Waals surface area contributed by atoms with Crippen molar-refractivity contribution in [3.63, 3.8) is 0 Å². The molecule has 0 saturated heterocycles. The molecule has 0 atom stereocenters. The van der Waals surface area contributed by atoms with E-state index in [9.17, 15) is 13.2 Å². The second-order valence-corrected chi connectivity index (χ2v) is 3.14. The first kappa shape index (κ1) is 12.8. The molecular formula is C11H13F3O2. The average Bonchev–Trinajstić information content (AvgIpc) is 2.19. The Morgan fingerprint density at radius 2 is 1.75 bits per heavy atom. The summed E-state index contributed by atoms with van der Waals surface area (Å²) in [5.41, 5.74) is 0.919. The molecule has 2 nitrogen and oxygen atoms in total. The first-order valence-electron chi connectivity index (χ1n) is 4.93. The zero-order valence-corrected chi connectivity index (χ0v) is 8.88. The normalized spacial score (nSPS) is 11.5. The summed E-state index contributed by atoms with van der Waals surface area (Å²) in [6.45, 7) is 3.09. The van der Waals surface area contributed by atoms with Crippen LogP contribution < -0.4 is 4.74 Å². The van der Waals surface area contributed by atoms with E-state index in [1.807, 2.05) is 6.92 Å².